The van der Waals surface area contributed by atoms with E-state index >= 15 is 0 Å². The molecule has 1 heterocycles. The van der Waals surface area contributed by atoms with Crippen molar-refractivity contribution in [3.05, 3.63) is 43.5 Å². The van der Waals surface area contributed by atoms with Gasteiger partial charge in [-0.2, -0.15) is 0 Å². The molecule has 0 saturated heterocycles. The zero-order valence-electron chi connectivity index (χ0n) is 8.23. The van der Waals surface area contributed by atoms with Crippen LogP contribution in [-0.4, -0.2) is 17.3 Å². The molecule has 1 aromatic heterocycles. The van der Waals surface area contributed by atoms with E-state index in [1.807, 2.05) is 30.3 Å². The Labute approximate surface area is 88.1 Å². The Balaban J connectivity index is 2.26. The maximum Gasteiger partial charge on any atom is 0.152 e. The first kappa shape index (κ1) is 9.65. The average molecular weight is 199 g/mol. The number of carbonyl (C=O) groups is 1. The number of benzene rings is 1. The lowest BCUT2D eigenvalue weighted by Crippen LogP contribution is -2.09. The van der Waals surface area contributed by atoms with Crippen LogP contribution in [0.5, 0.6) is 0 Å². The zero-order valence-corrected chi connectivity index (χ0v) is 8.23. The summed E-state index contributed by atoms with van der Waals surface area (Å²) in [7, 11) is 0. The molecule has 2 aromatic rings. The van der Waals surface area contributed by atoms with Crippen LogP contribution in [0.15, 0.2) is 36.5 Å². The molecule has 75 valence electrons. The van der Waals surface area contributed by atoms with E-state index in [2.05, 4.69) is 17.2 Å². The molecule has 2 rings (SSSR count). The minimum Gasteiger partial charge on any atom is -0.378 e. The number of hydrogen-bond donors (Lipinski definition) is 1. The van der Waals surface area contributed by atoms with Crippen molar-refractivity contribution in [2.24, 2.45) is 0 Å². The van der Waals surface area contributed by atoms with Crippen LogP contribution in [0.2, 0.25) is 0 Å². The van der Waals surface area contributed by atoms with Crippen LogP contribution >= 0.6 is 0 Å². The van der Waals surface area contributed by atoms with E-state index in [1.165, 1.54) is 0 Å². The lowest BCUT2D eigenvalue weighted by atomic mass is 10.2. The van der Waals surface area contributed by atoms with E-state index in [0.717, 1.165) is 16.6 Å². The van der Waals surface area contributed by atoms with Crippen molar-refractivity contribution in [3.63, 3.8) is 0 Å². The molecule has 0 unspecified atom stereocenters. The molecule has 15 heavy (non-hydrogen) atoms. The van der Waals surface area contributed by atoms with Crippen LogP contribution in [0.3, 0.4) is 0 Å². The van der Waals surface area contributed by atoms with Gasteiger partial charge in [0, 0.05) is 24.2 Å². The fourth-order valence-electron chi connectivity index (χ4n) is 1.39. The normalized spacial score (nSPS) is 10.2. The fraction of sp³-hybridized carbons (Fsp3) is 0.0833. The molecule has 1 radical (unpaired) electrons. The second kappa shape index (κ2) is 4.09. The SMILES string of the molecule is [CH2]C(=O)CNc1ccc2ncccc2c1. The highest BCUT2D eigenvalue weighted by molar-refractivity contribution is 5.88. The third-order valence-electron chi connectivity index (χ3n) is 2.09. The third kappa shape index (κ3) is 2.31. The minimum atomic E-state index is -0.124. The Morgan fingerprint density at radius 3 is 3.07 bits per heavy atom. The minimum absolute atomic E-state index is 0.124. The number of aromatic nitrogens is 1. The number of Topliss-reactive ketones (excluding diaryl/α,β-unsaturated/α-hetero) is 1. The number of rotatable bonds is 3. The molecule has 0 atom stereocenters. The van der Waals surface area contributed by atoms with Crippen molar-refractivity contribution in [1.29, 1.82) is 0 Å². The number of carbonyl (C=O) groups excluding carboxylic acids is 1. The predicted molar refractivity (Wildman–Crippen MR) is 60.6 cm³/mol. The van der Waals surface area contributed by atoms with E-state index in [0.29, 0.717) is 0 Å². The van der Waals surface area contributed by atoms with Gasteiger partial charge in [-0.15, -0.1) is 0 Å². The summed E-state index contributed by atoms with van der Waals surface area (Å²) in [6, 6.07) is 9.66. The number of pyridine rings is 1. The molecule has 0 aliphatic heterocycles. The van der Waals surface area contributed by atoms with Crippen LogP contribution in [0, 0.1) is 6.92 Å². The Morgan fingerprint density at radius 1 is 1.40 bits per heavy atom. The number of anilines is 1. The third-order valence-corrected chi connectivity index (χ3v) is 2.09. The molecule has 1 N–H and O–H groups in total. The van der Waals surface area contributed by atoms with Gasteiger partial charge in [0.05, 0.1) is 12.1 Å². The number of fused-ring (bicyclic) bond motifs is 1. The summed E-state index contributed by atoms with van der Waals surface area (Å²) < 4.78 is 0. The lowest BCUT2D eigenvalue weighted by molar-refractivity contribution is -0.113. The van der Waals surface area contributed by atoms with Crippen LogP contribution in [0.4, 0.5) is 5.69 Å². The smallest absolute Gasteiger partial charge is 0.152 e. The van der Waals surface area contributed by atoms with E-state index < -0.39 is 0 Å². The highest BCUT2D eigenvalue weighted by Gasteiger charge is 1.97. The number of hydrogen-bond acceptors (Lipinski definition) is 3. The van der Waals surface area contributed by atoms with Gasteiger partial charge in [0.25, 0.3) is 0 Å². The quantitative estimate of drug-likeness (QED) is 0.822. The molecule has 0 bridgehead atoms. The van der Waals surface area contributed by atoms with Gasteiger partial charge < -0.3 is 5.32 Å². The first-order chi connectivity index (χ1) is 7.25. The Kier molecular flexibility index (Phi) is 2.63. The highest BCUT2D eigenvalue weighted by atomic mass is 16.1. The van der Waals surface area contributed by atoms with E-state index in [4.69, 9.17) is 0 Å². The molecule has 0 fully saturated rings. The van der Waals surface area contributed by atoms with Gasteiger partial charge in [0.2, 0.25) is 0 Å². The monoisotopic (exact) mass is 199 g/mol. The fourth-order valence-corrected chi connectivity index (χ4v) is 1.39. The first-order valence-electron chi connectivity index (χ1n) is 4.69. The van der Waals surface area contributed by atoms with Gasteiger partial charge in [0.1, 0.15) is 0 Å². The predicted octanol–water partition coefficient (Wildman–Crippen LogP) is 2.05. The van der Waals surface area contributed by atoms with Crippen LogP contribution in [-0.2, 0) is 4.79 Å². The summed E-state index contributed by atoms with van der Waals surface area (Å²) in [4.78, 5) is 14.9. The average Bonchev–Trinajstić information content (AvgIpc) is 2.26. The van der Waals surface area contributed by atoms with E-state index in [1.54, 1.807) is 6.20 Å². The summed E-state index contributed by atoms with van der Waals surface area (Å²) in [5.74, 6) is -0.124. The Bertz CT molecular complexity index is 494. The number of nitrogens with zero attached hydrogens (tertiary/aromatic N) is 1. The molecule has 0 aliphatic rings. The van der Waals surface area contributed by atoms with Gasteiger partial charge in [-0.1, -0.05) is 6.07 Å². The van der Waals surface area contributed by atoms with Gasteiger partial charge in [-0.05, 0) is 24.3 Å². The van der Waals surface area contributed by atoms with Crippen LogP contribution in [0.1, 0.15) is 0 Å². The molecule has 0 saturated carbocycles. The first-order valence-corrected chi connectivity index (χ1v) is 4.69. The number of nitrogens with one attached hydrogen (secondary N) is 1. The molecule has 3 heteroatoms. The molecule has 1 aromatic carbocycles. The molecule has 3 nitrogen and oxygen atoms in total. The van der Waals surface area contributed by atoms with E-state index in [9.17, 15) is 4.79 Å². The van der Waals surface area contributed by atoms with Crippen molar-refractivity contribution < 1.29 is 4.79 Å². The van der Waals surface area contributed by atoms with Gasteiger partial charge in [-0.3, -0.25) is 9.78 Å². The van der Waals surface area contributed by atoms with Gasteiger partial charge in [-0.25, -0.2) is 0 Å². The summed E-state index contributed by atoms with van der Waals surface area (Å²) in [6.45, 7) is 3.56. The lowest BCUT2D eigenvalue weighted by Gasteiger charge is -2.04. The maximum atomic E-state index is 10.7. The second-order valence-electron chi connectivity index (χ2n) is 3.30. The van der Waals surface area contributed by atoms with Crippen molar-refractivity contribution >= 4 is 22.4 Å². The Hall–Kier alpha value is -1.90. The molecular weight excluding hydrogens is 188 g/mol. The molecule has 0 aliphatic carbocycles. The summed E-state index contributed by atoms with van der Waals surface area (Å²) in [5.41, 5.74) is 1.86. The second-order valence-corrected chi connectivity index (χ2v) is 3.30. The van der Waals surface area contributed by atoms with Crippen molar-refractivity contribution in [2.45, 2.75) is 0 Å². The van der Waals surface area contributed by atoms with Crippen LogP contribution in [0.25, 0.3) is 10.9 Å². The van der Waals surface area contributed by atoms with Crippen molar-refractivity contribution in [3.8, 4) is 0 Å². The zero-order chi connectivity index (χ0) is 10.7. The summed E-state index contributed by atoms with van der Waals surface area (Å²) in [6.07, 6.45) is 1.76. The Morgan fingerprint density at radius 2 is 2.27 bits per heavy atom. The topological polar surface area (TPSA) is 42.0 Å². The van der Waals surface area contributed by atoms with Crippen molar-refractivity contribution in [2.75, 3.05) is 11.9 Å². The van der Waals surface area contributed by atoms with Crippen LogP contribution < -0.4 is 5.32 Å². The molecular formula is C12H11N2O. The molecule has 0 amide bonds. The van der Waals surface area contributed by atoms with E-state index in [-0.39, 0.29) is 12.3 Å². The van der Waals surface area contributed by atoms with Gasteiger partial charge in [0.15, 0.2) is 5.78 Å². The van der Waals surface area contributed by atoms with Gasteiger partial charge >= 0.3 is 0 Å². The van der Waals surface area contributed by atoms with Crippen molar-refractivity contribution in [1.82, 2.24) is 4.98 Å². The summed E-state index contributed by atoms with van der Waals surface area (Å²) >= 11 is 0. The highest BCUT2D eigenvalue weighted by Crippen LogP contribution is 2.16. The number of ketones is 1. The molecule has 0 spiro atoms. The largest absolute Gasteiger partial charge is 0.378 e. The standard InChI is InChI=1S/C12H11N2O/c1-9(15)8-14-11-4-5-12-10(7-11)3-2-6-13-12/h2-7,14H,1,8H2. The summed E-state index contributed by atoms with van der Waals surface area (Å²) in [5, 5.41) is 4.05. The maximum absolute atomic E-state index is 10.7.